The molecule has 0 aromatic heterocycles. The van der Waals surface area contributed by atoms with Gasteiger partial charge in [-0.2, -0.15) is 0 Å². The number of rotatable bonds is 9. The molecule has 0 saturated heterocycles. The van der Waals surface area contributed by atoms with Gasteiger partial charge in [0.05, 0.1) is 25.4 Å². The molecule has 0 saturated carbocycles. The molecule has 0 spiro atoms. The summed E-state index contributed by atoms with van der Waals surface area (Å²) in [5, 5.41) is 19.1. The van der Waals surface area contributed by atoms with E-state index in [9.17, 15) is 14.6 Å². The van der Waals surface area contributed by atoms with Crippen LogP contribution in [0.1, 0.15) is 25.5 Å². The molecule has 0 bridgehead atoms. The summed E-state index contributed by atoms with van der Waals surface area (Å²) >= 11 is 0. The SMILES string of the molecule is COCC(C)OCC(O)COc1ccc([C@@H](C)O)cc1F. The van der Waals surface area contributed by atoms with Gasteiger partial charge in [-0.3, -0.25) is 0 Å². The van der Waals surface area contributed by atoms with Crippen molar-refractivity contribution in [2.45, 2.75) is 32.2 Å². The van der Waals surface area contributed by atoms with Gasteiger partial charge in [-0.1, -0.05) is 6.07 Å². The van der Waals surface area contributed by atoms with E-state index in [-0.39, 0.29) is 25.1 Å². The Morgan fingerprint density at radius 1 is 1.14 bits per heavy atom. The van der Waals surface area contributed by atoms with Gasteiger partial charge < -0.3 is 24.4 Å². The molecule has 2 N–H and O–H groups in total. The Morgan fingerprint density at radius 3 is 2.43 bits per heavy atom. The predicted molar refractivity (Wildman–Crippen MR) is 75.8 cm³/mol. The molecule has 0 aliphatic rings. The minimum Gasteiger partial charge on any atom is -0.488 e. The van der Waals surface area contributed by atoms with E-state index >= 15 is 0 Å². The van der Waals surface area contributed by atoms with Crippen molar-refractivity contribution in [3.05, 3.63) is 29.6 Å². The summed E-state index contributed by atoms with van der Waals surface area (Å²) in [6, 6.07) is 4.22. The van der Waals surface area contributed by atoms with Gasteiger partial charge in [-0.25, -0.2) is 4.39 Å². The van der Waals surface area contributed by atoms with Crippen molar-refractivity contribution >= 4 is 0 Å². The van der Waals surface area contributed by atoms with Gasteiger partial charge in [0.15, 0.2) is 11.6 Å². The fraction of sp³-hybridized carbons (Fsp3) is 0.600. The fourth-order valence-corrected chi connectivity index (χ4v) is 1.69. The van der Waals surface area contributed by atoms with Crippen molar-refractivity contribution in [3.8, 4) is 5.75 Å². The van der Waals surface area contributed by atoms with E-state index in [0.717, 1.165) is 0 Å². The molecule has 2 unspecified atom stereocenters. The van der Waals surface area contributed by atoms with Crippen molar-refractivity contribution in [2.24, 2.45) is 0 Å². The van der Waals surface area contributed by atoms with E-state index in [2.05, 4.69) is 0 Å². The average Bonchev–Trinajstić information content (AvgIpc) is 2.44. The molecule has 0 amide bonds. The molecule has 1 aromatic rings. The summed E-state index contributed by atoms with van der Waals surface area (Å²) in [5.41, 5.74) is 0.470. The van der Waals surface area contributed by atoms with Gasteiger partial charge >= 0.3 is 0 Å². The van der Waals surface area contributed by atoms with Crippen molar-refractivity contribution in [2.75, 3.05) is 26.9 Å². The standard InChI is InChI=1S/C15H23FO5/c1-10(7-19-3)20-8-13(18)9-21-15-5-4-12(11(2)17)6-14(15)16/h4-6,10-11,13,17-18H,7-9H2,1-3H3/t10?,11-,13?/m1/s1. The Bertz CT molecular complexity index is 425. The number of hydrogen-bond donors (Lipinski definition) is 2. The maximum Gasteiger partial charge on any atom is 0.165 e. The van der Waals surface area contributed by atoms with Gasteiger partial charge in [0.2, 0.25) is 0 Å². The largest absolute Gasteiger partial charge is 0.488 e. The average molecular weight is 302 g/mol. The number of aliphatic hydroxyl groups excluding tert-OH is 2. The quantitative estimate of drug-likeness (QED) is 0.726. The molecule has 1 rings (SSSR count). The van der Waals surface area contributed by atoms with E-state index in [0.29, 0.717) is 12.2 Å². The lowest BCUT2D eigenvalue weighted by Gasteiger charge is -2.17. The third kappa shape index (κ3) is 6.39. The van der Waals surface area contributed by atoms with Crippen molar-refractivity contribution in [3.63, 3.8) is 0 Å². The zero-order chi connectivity index (χ0) is 15.8. The highest BCUT2D eigenvalue weighted by Crippen LogP contribution is 2.22. The van der Waals surface area contributed by atoms with Gasteiger partial charge in [-0.15, -0.1) is 0 Å². The van der Waals surface area contributed by atoms with Gasteiger partial charge in [0.1, 0.15) is 12.7 Å². The number of ether oxygens (including phenoxy) is 3. The van der Waals surface area contributed by atoms with Crippen molar-refractivity contribution < 1.29 is 28.8 Å². The van der Waals surface area contributed by atoms with Gasteiger partial charge in [-0.05, 0) is 31.5 Å². The highest BCUT2D eigenvalue weighted by Gasteiger charge is 2.12. The number of halogens is 1. The van der Waals surface area contributed by atoms with Crippen LogP contribution in [0.5, 0.6) is 5.75 Å². The monoisotopic (exact) mass is 302 g/mol. The van der Waals surface area contributed by atoms with Crippen LogP contribution in [0.4, 0.5) is 4.39 Å². The molecule has 1 aromatic carbocycles. The molecule has 0 aliphatic carbocycles. The minimum absolute atomic E-state index is 0.0309. The Labute approximate surface area is 124 Å². The summed E-state index contributed by atoms with van der Waals surface area (Å²) in [6.07, 6.45) is -1.73. The van der Waals surface area contributed by atoms with Gasteiger partial charge in [0.25, 0.3) is 0 Å². The first kappa shape index (κ1) is 17.8. The Balaban J connectivity index is 2.41. The number of aliphatic hydroxyl groups is 2. The molecule has 0 aliphatic heterocycles. The van der Waals surface area contributed by atoms with E-state index in [1.54, 1.807) is 20.1 Å². The summed E-state index contributed by atoms with van der Waals surface area (Å²) in [7, 11) is 1.57. The molecule has 5 nitrogen and oxygen atoms in total. The van der Waals surface area contributed by atoms with Crippen LogP contribution in [0.15, 0.2) is 18.2 Å². The van der Waals surface area contributed by atoms with Crippen LogP contribution >= 0.6 is 0 Å². The predicted octanol–water partition coefficient (Wildman–Crippen LogP) is 1.67. The van der Waals surface area contributed by atoms with Gasteiger partial charge in [0, 0.05) is 7.11 Å². The maximum absolute atomic E-state index is 13.7. The summed E-state index contributed by atoms with van der Waals surface area (Å²) in [4.78, 5) is 0. The Kier molecular flexibility index (Phi) is 7.60. The lowest BCUT2D eigenvalue weighted by Crippen LogP contribution is -2.27. The topological polar surface area (TPSA) is 68.2 Å². The second-order valence-electron chi connectivity index (χ2n) is 4.93. The van der Waals surface area contributed by atoms with Crippen LogP contribution in [0.2, 0.25) is 0 Å². The first-order valence-corrected chi connectivity index (χ1v) is 6.83. The minimum atomic E-state index is -0.861. The van der Waals surface area contributed by atoms with Crippen molar-refractivity contribution in [1.29, 1.82) is 0 Å². The highest BCUT2D eigenvalue weighted by atomic mass is 19.1. The first-order chi connectivity index (χ1) is 9.93. The molecule has 0 radical (unpaired) electrons. The summed E-state index contributed by atoms with van der Waals surface area (Å²) in [6.45, 7) is 3.81. The van der Waals surface area contributed by atoms with Crippen LogP contribution in [-0.2, 0) is 9.47 Å². The Morgan fingerprint density at radius 2 is 1.86 bits per heavy atom. The van der Waals surface area contributed by atoms with Crippen LogP contribution in [0.3, 0.4) is 0 Å². The fourth-order valence-electron chi connectivity index (χ4n) is 1.69. The molecule has 0 heterocycles. The van der Waals surface area contributed by atoms with Crippen LogP contribution in [-0.4, -0.2) is 49.4 Å². The molecule has 120 valence electrons. The van der Waals surface area contributed by atoms with E-state index in [4.69, 9.17) is 14.2 Å². The zero-order valence-corrected chi connectivity index (χ0v) is 12.6. The Hall–Kier alpha value is -1.21. The number of hydrogen-bond acceptors (Lipinski definition) is 5. The third-order valence-electron chi connectivity index (χ3n) is 2.84. The lowest BCUT2D eigenvalue weighted by atomic mass is 10.1. The normalized spacial score (nSPS) is 15.5. The zero-order valence-electron chi connectivity index (χ0n) is 12.6. The first-order valence-electron chi connectivity index (χ1n) is 6.83. The van der Waals surface area contributed by atoms with Crippen molar-refractivity contribution in [1.82, 2.24) is 0 Å². The molecule has 3 atom stereocenters. The summed E-state index contributed by atoms with van der Waals surface area (Å²) in [5.74, 6) is -0.544. The second-order valence-corrected chi connectivity index (χ2v) is 4.93. The van der Waals surface area contributed by atoms with Crippen LogP contribution in [0, 0.1) is 5.82 Å². The molecule has 21 heavy (non-hydrogen) atoms. The molecular weight excluding hydrogens is 279 g/mol. The highest BCUT2D eigenvalue weighted by molar-refractivity contribution is 5.30. The molecule has 6 heteroatoms. The lowest BCUT2D eigenvalue weighted by molar-refractivity contribution is -0.0425. The summed E-state index contributed by atoms with van der Waals surface area (Å²) < 4.78 is 29.2. The maximum atomic E-state index is 13.7. The third-order valence-corrected chi connectivity index (χ3v) is 2.84. The van der Waals surface area contributed by atoms with E-state index in [1.807, 2.05) is 6.92 Å². The smallest absolute Gasteiger partial charge is 0.165 e. The number of benzene rings is 1. The number of methoxy groups -OCH3 is 1. The van der Waals surface area contributed by atoms with E-state index < -0.39 is 18.0 Å². The molecular formula is C15H23FO5. The van der Waals surface area contributed by atoms with E-state index in [1.165, 1.54) is 12.1 Å². The second kappa shape index (κ2) is 8.94. The van der Waals surface area contributed by atoms with Crippen LogP contribution in [0.25, 0.3) is 0 Å². The molecule has 0 fully saturated rings. The van der Waals surface area contributed by atoms with Crippen LogP contribution < -0.4 is 4.74 Å².